The van der Waals surface area contributed by atoms with E-state index in [2.05, 4.69) is 39.2 Å². The third kappa shape index (κ3) is 1.37. The third-order valence-corrected chi connectivity index (χ3v) is 2.71. The molecule has 78 valence electrons. The number of H-pyrrole nitrogens is 1. The predicted molar refractivity (Wildman–Crippen MR) is 64.1 cm³/mol. The minimum Gasteiger partial charge on any atom is -0.361 e. The van der Waals surface area contributed by atoms with Gasteiger partial charge in [0, 0.05) is 29.7 Å². The van der Waals surface area contributed by atoms with Crippen molar-refractivity contribution in [1.82, 2.24) is 15.0 Å². The van der Waals surface area contributed by atoms with Crippen LogP contribution in [0, 0.1) is 6.92 Å². The molecule has 2 aromatic heterocycles. The summed E-state index contributed by atoms with van der Waals surface area (Å²) in [6, 6.07) is 8.33. The third-order valence-electron chi connectivity index (χ3n) is 2.71. The number of nitrogens with one attached hydrogen (secondary N) is 1. The van der Waals surface area contributed by atoms with Crippen molar-refractivity contribution in [2.45, 2.75) is 6.92 Å². The summed E-state index contributed by atoms with van der Waals surface area (Å²) in [4.78, 5) is 11.8. The summed E-state index contributed by atoms with van der Waals surface area (Å²) < 4.78 is 0. The summed E-state index contributed by atoms with van der Waals surface area (Å²) >= 11 is 0. The quantitative estimate of drug-likeness (QED) is 0.669. The van der Waals surface area contributed by atoms with Gasteiger partial charge in [0.15, 0.2) is 0 Å². The molecule has 0 aliphatic heterocycles. The van der Waals surface area contributed by atoms with Crippen LogP contribution >= 0.6 is 0 Å². The second kappa shape index (κ2) is 3.45. The van der Waals surface area contributed by atoms with Gasteiger partial charge in [0.2, 0.25) is 0 Å². The molecule has 0 spiro atoms. The van der Waals surface area contributed by atoms with Crippen LogP contribution in [0.15, 0.2) is 42.9 Å². The molecule has 1 N–H and O–H groups in total. The fourth-order valence-corrected chi connectivity index (χ4v) is 1.89. The van der Waals surface area contributed by atoms with Gasteiger partial charge in [-0.15, -0.1) is 0 Å². The number of nitrogens with zero attached hydrogens (tertiary/aromatic N) is 2. The first-order valence-electron chi connectivity index (χ1n) is 5.20. The summed E-state index contributed by atoms with van der Waals surface area (Å²) in [5.74, 6) is 0. The Morgan fingerprint density at radius 2 is 1.94 bits per heavy atom. The van der Waals surface area contributed by atoms with E-state index < -0.39 is 0 Å². The van der Waals surface area contributed by atoms with Crippen molar-refractivity contribution >= 4 is 10.9 Å². The number of aromatic nitrogens is 3. The van der Waals surface area contributed by atoms with Gasteiger partial charge < -0.3 is 4.98 Å². The lowest BCUT2D eigenvalue weighted by atomic mass is 10.1. The second-order valence-corrected chi connectivity index (χ2v) is 3.77. The van der Waals surface area contributed by atoms with Crippen molar-refractivity contribution in [3.05, 3.63) is 48.5 Å². The fourth-order valence-electron chi connectivity index (χ4n) is 1.89. The average Bonchev–Trinajstić information content (AvgIpc) is 2.76. The van der Waals surface area contributed by atoms with E-state index in [4.69, 9.17) is 0 Å². The summed E-state index contributed by atoms with van der Waals surface area (Å²) in [6.45, 7) is 1.97. The molecule has 2 heterocycles. The number of rotatable bonds is 1. The Morgan fingerprint density at radius 1 is 1.06 bits per heavy atom. The molecule has 3 rings (SSSR count). The van der Waals surface area contributed by atoms with Crippen LogP contribution in [-0.2, 0) is 0 Å². The molecular weight excluding hydrogens is 198 g/mol. The van der Waals surface area contributed by atoms with E-state index in [1.54, 1.807) is 12.4 Å². The maximum Gasteiger partial charge on any atom is 0.0915 e. The molecule has 0 amide bonds. The van der Waals surface area contributed by atoms with Crippen molar-refractivity contribution < 1.29 is 0 Å². The monoisotopic (exact) mass is 209 g/mol. The Balaban J connectivity index is 2.22. The van der Waals surface area contributed by atoms with Crippen LogP contribution in [0.1, 0.15) is 5.69 Å². The maximum atomic E-state index is 4.36. The minimum absolute atomic E-state index is 0.944. The highest BCUT2D eigenvalue weighted by Crippen LogP contribution is 2.23. The predicted octanol–water partition coefficient (Wildman–Crippen LogP) is 2.93. The van der Waals surface area contributed by atoms with E-state index in [0.717, 1.165) is 22.5 Å². The van der Waals surface area contributed by atoms with Gasteiger partial charge in [-0.05, 0) is 24.4 Å². The minimum atomic E-state index is 0.944. The lowest BCUT2D eigenvalue weighted by Gasteiger charge is -2.03. The van der Waals surface area contributed by atoms with E-state index in [1.165, 1.54) is 5.39 Å². The van der Waals surface area contributed by atoms with Gasteiger partial charge in [0.1, 0.15) is 0 Å². The Kier molecular flexibility index (Phi) is 1.96. The molecule has 0 saturated heterocycles. The number of fused-ring (bicyclic) bond motifs is 1. The van der Waals surface area contributed by atoms with E-state index in [9.17, 15) is 0 Å². The van der Waals surface area contributed by atoms with Crippen LogP contribution in [0.4, 0.5) is 0 Å². The van der Waals surface area contributed by atoms with E-state index in [0.29, 0.717) is 0 Å². The SMILES string of the molecule is Cc1nccnc1-c1ccc2cc[nH]c2c1. The van der Waals surface area contributed by atoms with Crippen LogP contribution in [0.25, 0.3) is 22.2 Å². The number of hydrogen-bond acceptors (Lipinski definition) is 2. The molecule has 3 nitrogen and oxygen atoms in total. The highest BCUT2D eigenvalue weighted by Gasteiger charge is 2.04. The summed E-state index contributed by atoms with van der Waals surface area (Å²) in [5.41, 5.74) is 4.12. The summed E-state index contributed by atoms with van der Waals surface area (Å²) in [6.07, 6.45) is 5.38. The van der Waals surface area contributed by atoms with Gasteiger partial charge in [-0.1, -0.05) is 12.1 Å². The largest absolute Gasteiger partial charge is 0.361 e. The number of hydrogen-bond donors (Lipinski definition) is 1. The van der Waals surface area contributed by atoms with E-state index in [1.807, 2.05) is 13.1 Å². The molecule has 0 radical (unpaired) electrons. The molecule has 0 bridgehead atoms. The Morgan fingerprint density at radius 3 is 2.81 bits per heavy atom. The van der Waals surface area contributed by atoms with Crippen molar-refractivity contribution in [3.63, 3.8) is 0 Å². The summed E-state index contributed by atoms with van der Waals surface area (Å²) in [5, 5.41) is 1.21. The number of benzene rings is 1. The molecule has 3 heteroatoms. The molecular formula is C13H11N3. The van der Waals surface area contributed by atoms with Crippen molar-refractivity contribution in [1.29, 1.82) is 0 Å². The van der Waals surface area contributed by atoms with E-state index in [-0.39, 0.29) is 0 Å². The van der Waals surface area contributed by atoms with Crippen LogP contribution < -0.4 is 0 Å². The number of aryl methyl sites for hydroxylation is 1. The highest BCUT2D eigenvalue weighted by atomic mass is 14.8. The zero-order valence-electron chi connectivity index (χ0n) is 8.94. The van der Waals surface area contributed by atoms with E-state index >= 15 is 0 Å². The molecule has 3 aromatic rings. The van der Waals surface area contributed by atoms with Gasteiger partial charge in [0.25, 0.3) is 0 Å². The molecule has 0 unspecified atom stereocenters. The van der Waals surface area contributed by atoms with Gasteiger partial charge in [0.05, 0.1) is 11.4 Å². The number of aromatic amines is 1. The fraction of sp³-hybridized carbons (Fsp3) is 0.0769. The first kappa shape index (κ1) is 9.09. The Hall–Kier alpha value is -2.16. The van der Waals surface area contributed by atoms with Gasteiger partial charge in [-0.2, -0.15) is 0 Å². The van der Waals surface area contributed by atoms with Crippen LogP contribution in [-0.4, -0.2) is 15.0 Å². The van der Waals surface area contributed by atoms with Crippen LogP contribution in [0.3, 0.4) is 0 Å². The smallest absolute Gasteiger partial charge is 0.0915 e. The highest BCUT2D eigenvalue weighted by molar-refractivity contribution is 5.84. The molecule has 0 aliphatic carbocycles. The summed E-state index contributed by atoms with van der Waals surface area (Å²) in [7, 11) is 0. The van der Waals surface area contributed by atoms with Crippen LogP contribution in [0.5, 0.6) is 0 Å². The molecule has 0 aliphatic rings. The lowest BCUT2D eigenvalue weighted by molar-refractivity contribution is 1.12. The van der Waals surface area contributed by atoms with Gasteiger partial charge in [-0.3, -0.25) is 9.97 Å². The van der Waals surface area contributed by atoms with Crippen molar-refractivity contribution in [3.8, 4) is 11.3 Å². The topological polar surface area (TPSA) is 41.6 Å². The average molecular weight is 209 g/mol. The first-order valence-corrected chi connectivity index (χ1v) is 5.20. The Bertz CT molecular complexity index is 640. The molecule has 1 aromatic carbocycles. The molecule has 0 atom stereocenters. The Labute approximate surface area is 93.2 Å². The van der Waals surface area contributed by atoms with Crippen LogP contribution in [0.2, 0.25) is 0 Å². The maximum absolute atomic E-state index is 4.36. The normalized spacial score (nSPS) is 10.8. The lowest BCUT2D eigenvalue weighted by Crippen LogP contribution is -1.90. The molecule has 0 saturated carbocycles. The standard InChI is InChI=1S/C13H11N3/c1-9-13(16-7-6-14-9)11-3-2-10-4-5-15-12(10)8-11/h2-8,15H,1H3. The second-order valence-electron chi connectivity index (χ2n) is 3.77. The first-order chi connectivity index (χ1) is 7.84. The zero-order valence-corrected chi connectivity index (χ0v) is 8.94. The molecule has 16 heavy (non-hydrogen) atoms. The zero-order chi connectivity index (χ0) is 11.0. The molecule has 0 fully saturated rings. The van der Waals surface area contributed by atoms with Crippen molar-refractivity contribution in [2.24, 2.45) is 0 Å². The van der Waals surface area contributed by atoms with Gasteiger partial charge in [-0.25, -0.2) is 0 Å². The van der Waals surface area contributed by atoms with Crippen molar-refractivity contribution in [2.75, 3.05) is 0 Å². The van der Waals surface area contributed by atoms with Gasteiger partial charge >= 0.3 is 0 Å².